The summed E-state index contributed by atoms with van der Waals surface area (Å²) in [6.07, 6.45) is 2.60. The quantitative estimate of drug-likeness (QED) is 0.474. The fraction of sp³-hybridized carbons (Fsp3) is 0.833. The molecule has 1 aliphatic rings. The molecule has 0 aromatic rings. The van der Waals surface area contributed by atoms with E-state index >= 15 is 0 Å². The first-order valence-corrected chi connectivity index (χ1v) is 4.91. The lowest BCUT2D eigenvalue weighted by atomic mass is 9.63. The van der Waals surface area contributed by atoms with Gasteiger partial charge in [0.1, 0.15) is 0 Å². The third kappa shape index (κ3) is 1.73. The van der Waals surface area contributed by atoms with Crippen molar-refractivity contribution in [1.82, 2.24) is 0 Å². The van der Waals surface area contributed by atoms with Crippen LogP contribution < -0.4 is 0 Å². The Bertz CT molecular complexity index is 216. The van der Waals surface area contributed by atoms with Crippen LogP contribution in [-0.4, -0.2) is 0 Å². The van der Waals surface area contributed by atoms with Gasteiger partial charge < -0.3 is 0 Å². The molecular weight excluding hydrogens is 144 g/mol. The summed E-state index contributed by atoms with van der Waals surface area (Å²) in [4.78, 5) is 0. The summed E-state index contributed by atoms with van der Waals surface area (Å²) in [5, 5.41) is 0. The molecule has 0 heteroatoms. The standard InChI is InChI=1S/C12H22/c1-9-7-11(3,4)8-12(5,6)10(9)2/h7-8H2,1-6H3. The summed E-state index contributed by atoms with van der Waals surface area (Å²) >= 11 is 0. The van der Waals surface area contributed by atoms with Gasteiger partial charge in [-0.15, -0.1) is 0 Å². The van der Waals surface area contributed by atoms with Gasteiger partial charge in [0.15, 0.2) is 0 Å². The number of rotatable bonds is 0. The minimum absolute atomic E-state index is 0.422. The van der Waals surface area contributed by atoms with Crippen molar-refractivity contribution < 1.29 is 0 Å². The van der Waals surface area contributed by atoms with Crippen molar-refractivity contribution in [2.75, 3.05) is 0 Å². The van der Waals surface area contributed by atoms with E-state index in [1.165, 1.54) is 12.8 Å². The molecule has 0 amide bonds. The predicted molar refractivity (Wildman–Crippen MR) is 55.2 cm³/mol. The topological polar surface area (TPSA) is 0 Å². The van der Waals surface area contributed by atoms with Crippen molar-refractivity contribution >= 4 is 0 Å². The third-order valence-electron chi connectivity index (χ3n) is 3.32. The molecule has 0 spiro atoms. The van der Waals surface area contributed by atoms with Crippen molar-refractivity contribution in [2.45, 2.75) is 54.4 Å². The van der Waals surface area contributed by atoms with Gasteiger partial charge in [-0.3, -0.25) is 0 Å². The molecule has 0 aromatic carbocycles. The molecule has 0 atom stereocenters. The molecule has 0 N–H and O–H groups in total. The molecule has 0 aromatic heterocycles. The van der Waals surface area contributed by atoms with Crippen LogP contribution >= 0.6 is 0 Å². The molecule has 0 nitrogen and oxygen atoms in total. The molecule has 0 radical (unpaired) electrons. The van der Waals surface area contributed by atoms with Crippen LogP contribution in [0.25, 0.3) is 0 Å². The van der Waals surface area contributed by atoms with Crippen molar-refractivity contribution in [3.8, 4) is 0 Å². The van der Waals surface area contributed by atoms with Gasteiger partial charge in [-0.05, 0) is 37.5 Å². The monoisotopic (exact) mass is 166 g/mol. The second-order valence-electron chi connectivity index (χ2n) is 5.81. The second kappa shape index (κ2) is 2.61. The second-order valence-corrected chi connectivity index (χ2v) is 5.81. The molecule has 0 aliphatic heterocycles. The third-order valence-corrected chi connectivity index (χ3v) is 3.32. The van der Waals surface area contributed by atoms with Crippen LogP contribution in [0.5, 0.6) is 0 Å². The Morgan fingerprint density at radius 3 is 1.92 bits per heavy atom. The Hall–Kier alpha value is -0.260. The number of allylic oxidation sites excluding steroid dienone is 2. The highest BCUT2D eigenvalue weighted by atomic mass is 14.4. The van der Waals surface area contributed by atoms with Crippen LogP contribution in [0.2, 0.25) is 0 Å². The Morgan fingerprint density at radius 2 is 1.50 bits per heavy atom. The minimum atomic E-state index is 0.422. The normalized spacial score (nSPS) is 27.5. The average molecular weight is 166 g/mol. The SMILES string of the molecule is CC1=C(C)C(C)(C)CC(C)(C)C1. The van der Waals surface area contributed by atoms with E-state index in [0.717, 1.165) is 0 Å². The van der Waals surface area contributed by atoms with Gasteiger partial charge in [-0.1, -0.05) is 38.8 Å². The summed E-state index contributed by atoms with van der Waals surface area (Å²) in [6, 6.07) is 0. The molecule has 0 bridgehead atoms. The molecule has 12 heavy (non-hydrogen) atoms. The smallest absolute Gasteiger partial charge is 0.0140 e. The largest absolute Gasteiger partial charge is 0.0733 e. The summed E-state index contributed by atoms with van der Waals surface area (Å²) in [5.74, 6) is 0. The lowest BCUT2D eigenvalue weighted by Crippen LogP contribution is -2.29. The van der Waals surface area contributed by atoms with Gasteiger partial charge >= 0.3 is 0 Å². The Kier molecular flexibility index (Phi) is 2.14. The van der Waals surface area contributed by atoms with Gasteiger partial charge in [0.2, 0.25) is 0 Å². The number of hydrogen-bond donors (Lipinski definition) is 0. The molecular formula is C12H22. The number of hydrogen-bond acceptors (Lipinski definition) is 0. The first-order valence-electron chi connectivity index (χ1n) is 4.91. The van der Waals surface area contributed by atoms with E-state index in [9.17, 15) is 0 Å². The van der Waals surface area contributed by atoms with E-state index in [0.29, 0.717) is 10.8 Å². The summed E-state index contributed by atoms with van der Waals surface area (Å²) in [6.45, 7) is 14.1. The van der Waals surface area contributed by atoms with Gasteiger partial charge in [0.25, 0.3) is 0 Å². The van der Waals surface area contributed by atoms with Gasteiger partial charge in [-0.25, -0.2) is 0 Å². The lowest BCUT2D eigenvalue weighted by Gasteiger charge is -2.42. The molecule has 0 heterocycles. The highest BCUT2D eigenvalue weighted by Gasteiger charge is 2.35. The lowest BCUT2D eigenvalue weighted by molar-refractivity contribution is 0.201. The zero-order valence-corrected chi connectivity index (χ0v) is 9.41. The first kappa shape index (κ1) is 9.83. The molecule has 1 aliphatic carbocycles. The zero-order chi connectivity index (χ0) is 9.57. The van der Waals surface area contributed by atoms with Crippen LogP contribution in [0.15, 0.2) is 11.1 Å². The van der Waals surface area contributed by atoms with E-state index < -0.39 is 0 Å². The van der Waals surface area contributed by atoms with Crippen molar-refractivity contribution in [3.05, 3.63) is 11.1 Å². The average Bonchev–Trinajstić information content (AvgIpc) is 1.79. The summed E-state index contributed by atoms with van der Waals surface area (Å²) in [5.41, 5.74) is 4.15. The maximum Gasteiger partial charge on any atom is -0.0140 e. The minimum Gasteiger partial charge on any atom is -0.0733 e. The van der Waals surface area contributed by atoms with Crippen LogP contribution in [0.3, 0.4) is 0 Å². The van der Waals surface area contributed by atoms with Crippen LogP contribution in [0.1, 0.15) is 54.4 Å². The maximum atomic E-state index is 2.38. The molecule has 0 saturated carbocycles. The van der Waals surface area contributed by atoms with Gasteiger partial charge in [0.05, 0.1) is 0 Å². The van der Waals surface area contributed by atoms with E-state index in [2.05, 4.69) is 41.5 Å². The molecule has 1 rings (SSSR count). The molecule has 0 fully saturated rings. The fourth-order valence-corrected chi connectivity index (χ4v) is 2.82. The maximum absolute atomic E-state index is 2.38. The van der Waals surface area contributed by atoms with E-state index in [4.69, 9.17) is 0 Å². The molecule has 0 unspecified atom stereocenters. The molecule has 70 valence electrons. The Morgan fingerprint density at radius 1 is 1.00 bits per heavy atom. The van der Waals surface area contributed by atoms with Crippen LogP contribution in [-0.2, 0) is 0 Å². The van der Waals surface area contributed by atoms with Crippen molar-refractivity contribution in [3.63, 3.8) is 0 Å². The van der Waals surface area contributed by atoms with E-state index in [1.807, 2.05) is 0 Å². The van der Waals surface area contributed by atoms with Crippen molar-refractivity contribution in [1.29, 1.82) is 0 Å². The summed E-state index contributed by atoms with van der Waals surface area (Å²) < 4.78 is 0. The van der Waals surface area contributed by atoms with Gasteiger partial charge in [-0.2, -0.15) is 0 Å². The summed E-state index contributed by atoms with van der Waals surface area (Å²) in [7, 11) is 0. The highest BCUT2D eigenvalue weighted by molar-refractivity contribution is 5.22. The molecule has 0 saturated heterocycles. The van der Waals surface area contributed by atoms with Gasteiger partial charge in [0, 0.05) is 0 Å². The van der Waals surface area contributed by atoms with Crippen LogP contribution in [0.4, 0.5) is 0 Å². The van der Waals surface area contributed by atoms with E-state index in [-0.39, 0.29) is 0 Å². The van der Waals surface area contributed by atoms with E-state index in [1.54, 1.807) is 11.1 Å². The predicted octanol–water partition coefficient (Wildman–Crippen LogP) is 4.17. The fourth-order valence-electron chi connectivity index (χ4n) is 2.82. The highest BCUT2D eigenvalue weighted by Crippen LogP contribution is 2.48. The zero-order valence-electron chi connectivity index (χ0n) is 9.41. The Balaban J connectivity index is 3.03. The Labute approximate surface area is 77.1 Å². The van der Waals surface area contributed by atoms with Crippen LogP contribution in [0, 0.1) is 10.8 Å². The van der Waals surface area contributed by atoms with Crippen molar-refractivity contribution in [2.24, 2.45) is 10.8 Å². The first-order chi connectivity index (χ1) is 5.25.